The molecule has 0 radical (unpaired) electrons. The molecule has 0 aliphatic heterocycles. The van der Waals surface area contributed by atoms with Crippen molar-refractivity contribution >= 4 is 13.3 Å². The van der Waals surface area contributed by atoms with Gasteiger partial charge >= 0.3 is 0 Å². The number of hydrogen-bond donors (Lipinski definition) is 0. The van der Waals surface area contributed by atoms with Gasteiger partial charge in [0, 0.05) is 0 Å². The zero-order chi connectivity index (χ0) is 8.55. The Kier molecular flexibility index (Phi) is 1.80. The molecular weight excluding hydrogens is 143 g/mol. The number of rotatable bonds is 1. The van der Waals surface area contributed by atoms with E-state index in [-0.39, 0.29) is 0 Å². The Morgan fingerprint density at radius 2 is 1.75 bits per heavy atom. The van der Waals surface area contributed by atoms with Gasteiger partial charge in [-0.15, -0.1) is 0 Å². The summed E-state index contributed by atoms with van der Waals surface area (Å²) in [5.74, 6) is 0.762. The van der Waals surface area contributed by atoms with Crippen molar-refractivity contribution in [2.75, 3.05) is 0 Å². The van der Waals surface area contributed by atoms with Crippen molar-refractivity contribution in [3.05, 3.63) is 42.0 Å². The van der Waals surface area contributed by atoms with E-state index in [1.165, 1.54) is 29.4 Å². The molecule has 0 saturated heterocycles. The minimum absolute atomic E-state index is 0.762. The van der Waals surface area contributed by atoms with Crippen LogP contribution in [0.5, 0.6) is 0 Å². The van der Waals surface area contributed by atoms with Gasteiger partial charge in [0.15, 0.2) is 0 Å². The lowest BCUT2D eigenvalue weighted by atomic mass is 9.76. The van der Waals surface area contributed by atoms with Crippen LogP contribution in [0.2, 0.25) is 0 Å². The average Bonchev–Trinajstić information content (AvgIpc) is 2.01. The Morgan fingerprint density at radius 1 is 1.17 bits per heavy atom. The third kappa shape index (κ3) is 1.31. The quantitative estimate of drug-likeness (QED) is 0.425. The van der Waals surface area contributed by atoms with Crippen molar-refractivity contribution in [2.24, 2.45) is 0 Å². The lowest BCUT2D eigenvalue weighted by Gasteiger charge is -2.28. The molecule has 1 aliphatic carbocycles. The summed E-state index contributed by atoms with van der Waals surface area (Å²) in [6.07, 6.45) is 2.39. The van der Waals surface area contributed by atoms with Crippen LogP contribution in [0.1, 0.15) is 24.3 Å². The van der Waals surface area contributed by atoms with Crippen molar-refractivity contribution < 1.29 is 0 Å². The van der Waals surface area contributed by atoms with Crippen molar-refractivity contribution in [1.29, 1.82) is 0 Å². The number of hydrogen-bond acceptors (Lipinski definition) is 0. The van der Waals surface area contributed by atoms with E-state index in [1.54, 1.807) is 0 Å². The van der Waals surface area contributed by atoms with Gasteiger partial charge < -0.3 is 0 Å². The van der Waals surface area contributed by atoms with Gasteiger partial charge in [-0.3, -0.25) is 0 Å². The first-order chi connectivity index (χ1) is 5.75. The topological polar surface area (TPSA) is 0 Å². The lowest BCUT2D eigenvalue weighted by Crippen LogP contribution is -2.12. The lowest BCUT2D eigenvalue weighted by molar-refractivity contribution is 0.553. The molecule has 0 atom stereocenters. The van der Waals surface area contributed by atoms with Gasteiger partial charge in [-0.25, -0.2) is 0 Å². The second-order valence-corrected chi connectivity index (χ2v) is 3.77. The SMILES string of the molecule is Bc1ccc(C2CC(=C)C2)cc1. The molecule has 0 bridgehead atoms. The molecule has 1 saturated carbocycles. The van der Waals surface area contributed by atoms with E-state index in [0.29, 0.717) is 0 Å². The molecule has 1 heteroatoms. The van der Waals surface area contributed by atoms with Crippen LogP contribution in [0.3, 0.4) is 0 Å². The number of allylic oxidation sites excluding steroid dienone is 1. The summed E-state index contributed by atoms with van der Waals surface area (Å²) < 4.78 is 0. The van der Waals surface area contributed by atoms with Gasteiger partial charge in [0.1, 0.15) is 7.85 Å². The summed E-state index contributed by atoms with van der Waals surface area (Å²) in [7, 11) is 2.13. The predicted octanol–water partition coefficient (Wildman–Crippen LogP) is 1.38. The van der Waals surface area contributed by atoms with Gasteiger partial charge in [0.25, 0.3) is 0 Å². The Labute approximate surface area is 74.7 Å². The first-order valence-corrected chi connectivity index (χ1v) is 4.49. The Balaban J connectivity index is 2.14. The summed E-state index contributed by atoms with van der Waals surface area (Å²) in [4.78, 5) is 0. The first-order valence-electron chi connectivity index (χ1n) is 4.49. The maximum Gasteiger partial charge on any atom is 0.139 e. The average molecular weight is 156 g/mol. The molecule has 2 rings (SSSR count). The van der Waals surface area contributed by atoms with Crippen LogP contribution in [0.15, 0.2) is 36.4 Å². The first kappa shape index (κ1) is 7.66. The van der Waals surface area contributed by atoms with Crippen LogP contribution in [-0.4, -0.2) is 7.85 Å². The Morgan fingerprint density at radius 3 is 2.25 bits per heavy atom. The molecule has 1 fully saturated rings. The second kappa shape index (κ2) is 2.82. The summed E-state index contributed by atoms with van der Waals surface area (Å²) >= 11 is 0. The van der Waals surface area contributed by atoms with E-state index >= 15 is 0 Å². The zero-order valence-electron chi connectivity index (χ0n) is 7.51. The van der Waals surface area contributed by atoms with Gasteiger partial charge in [-0.2, -0.15) is 0 Å². The highest BCUT2D eigenvalue weighted by Gasteiger charge is 2.22. The normalized spacial score (nSPS) is 17.5. The Bertz CT molecular complexity index is 289. The summed E-state index contributed by atoms with van der Waals surface area (Å²) in [5.41, 5.74) is 4.23. The molecule has 0 N–H and O–H groups in total. The fourth-order valence-corrected chi connectivity index (χ4v) is 1.71. The van der Waals surface area contributed by atoms with Gasteiger partial charge in [0.05, 0.1) is 0 Å². The fourth-order valence-electron chi connectivity index (χ4n) is 1.71. The molecule has 1 aromatic carbocycles. The van der Waals surface area contributed by atoms with Crippen LogP contribution in [-0.2, 0) is 0 Å². The van der Waals surface area contributed by atoms with E-state index in [4.69, 9.17) is 0 Å². The molecule has 0 nitrogen and oxygen atoms in total. The van der Waals surface area contributed by atoms with Crippen LogP contribution in [0, 0.1) is 0 Å². The van der Waals surface area contributed by atoms with Crippen LogP contribution in [0.4, 0.5) is 0 Å². The second-order valence-electron chi connectivity index (χ2n) is 3.77. The predicted molar refractivity (Wildman–Crippen MR) is 55.7 cm³/mol. The van der Waals surface area contributed by atoms with Crippen LogP contribution < -0.4 is 5.46 Å². The monoisotopic (exact) mass is 156 g/mol. The van der Waals surface area contributed by atoms with Crippen LogP contribution >= 0.6 is 0 Å². The van der Waals surface area contributed by atoms with Crippen LogP contribution in [0.25, 0.3) is 0 Å². The third-order valence-electron chi connectivity index (χ3n) is 2.62. The highest BCUT2D eigenvalue weighted by atomic mass is 14.3. The molecule has 1 aromatic rings. The molecule has 0 spiro atoms. The van der Waals surface area contributed by atoms with Crippen molar-refractivity contribution in [3.8, 4) is 0 Å². The largest absolute Gasteiger partial charge is 0.139 e. The van der Waals surface area contributed by atoms with Crippen molar-refractivity contribution in [1.82, 2.24) is 0 Å². The minimum atomic E-state index is 0.762. The molecule has 60 valence electrons. The molecule has 0 aromatic heterocycles. The standard InChI is InChI=1S/C11H13B/c1-8-6-10(7-8)9-2-4-11(12)5-3-9/h2-5,10H,1,6-7,12H2. The molecule has 0 unspecified atom stereocenters. The third-order valence-corrected chi connectivity index (χ3v) is 2.62. The van der Waals surface area contributed by atoms with Crippen molar-refractivity contribution in [2.45, 2.75) is 18.8 Å². The minimum Gasteiger partial charge on any atom is -0.0998 e. The molecule has 0 amide bonds. The zero-order valence-corrected chi connectivity index (χ0v) is 7.51. The molecule has 0 heterocycles. The Hall–Kier alpha value is -0.975. The smallest absolute Gasteiger partial charge is 0.0998 e. The summed E-state index contributed by atoms with van der Waals surface area (Å²) in [6, 6.07) is 8.87. The van der Waals surface area contributed by atoms with Crippen molar-refractivity contribution in [3.63, 3.8) is 0 Å². The summed E-state index contributed by atoms with van der Waals surface area (Å²) in [6.45, 7) is 3.95. The molecule has 12 heavy (non-hydrogen) atoms. The highest BCUT2D eigenvalue weighted by Crippen LogP contribution is 2.39. The molecular formula is C11H13B. The van der Waals surface area contributed by atoms with E-state index in [0.717, 1.165) is 5.92 Å². The van der Waals surface area contributed by atoms with E-state index in [2.05, 4.69) is 38.7 Å². The van der Waals surface area contributed by atoms with Gasteiger partial charge in [0.2, 0.25) is 0 Å². The highest BCUT2D eigenvalue weighted by molar-refractivity contribution is 6.32. The van der Waals surface area contributed by atoms with Gasteiger partial charge in [-0.05, 0) is 24.3 Å². The number of benzene rings is 1. The summed E-state index contributed by atoms with van der Waals surface area (Å²) in [5, 5.41) is 0. The molecule has 1 aliphatic rings. The maximum atomic E-state index is 3.95. The maximum absolute atomic E-state index is 3.95. The fraction of sp³-hybridized carbons (Fsp3) is 0.273. The van der Waals surface area contributed by atoms with E-state index < -0.39 is 0 Å². The van der Waals surface area contributed by atoms with E-state index in [1.807, 2.05) is 0 Å². The van der Waals surface area contributed by atoms with E-state index in [9.17, 15) is 0 Å². The van der Waals surface area contributed by atoms with Gasteiger partial charge in [-0.1, -0.05) is 41.9 Å².